The molecule has 6 heteroatoms. The summed E-state index contributed by atoms with van der Waals surface area (Å²) in [4.78, 5) is 6.74. The molecule has 138 valence electrons. The highest BCUT2D eigenvalue weighted by Gasteiger charge is 2.30. The number of nitrogens with zero attached hydrogens (tertiary/aromatic N) is 6. The number of hydrogen-bond donors (Lipinski definition) is 0. The molecule has 0 fully saturated rings. The normalized spacial score (nSPS) is 16.0. The van der Waals surface area contributed by atoms with Gasteiger partial charge in [0, 0.05) is 11.6 Å². The van der Waals surface area contributed by atoms with Gasteiger partial charge in [0.15, 0.2) is 0 Å². The predicted molar refractivity (Wildman–Crippen MR) is 100.0 cm³/mol. The summed E-state index contributed by atoms with van der Waals surface area (Å²) in [5.41, 5.74) is 3.42. The SMILES string of the molecule is CCC(c1nnnc(C(CC)N(C)C)c1C(CC)N(C)C)N(C)C. The third-order valence-corrected chi connectivity index (χ3v) is 4.85. The summed E-state index contributed by atoms with van der Waals surface area (Å²) in [6, 6.07) is 0.798. The van der Waals surface area contributed by atoms with Crippen LogP contribution < -0.4 is 0 Å². The van der Waals surface area contributed by atoms with Crippen molar-refractivity contribution in [2.24, 2.45) is 0 Å². The molecule has 0 saturated carbocycles. The molecule has 0 aromatic carbocycles. The molecule has 0 radical (unpaired) electrons. The van der Waals surface area contributed by atoms with Crippen LogP contribution in [0.25, 0.3) is 0 Å². The van der Waals surface area contributed by atoms with Crippen LogP contribution in [0.2, 0.25) is 0 Å². The summed E-state index contributed by atoms with van der Waals surface area (Å²) in [6.07, 6.45) is 3.02. The van der Waals surface area contributed by atoms with Crippen molar-refractivity contribution < 1.29 is 0 Å². The van der Waals surface area contributed by atoms with Gasteiger partial charge in [0.25, 0.3) is 0 Å². The van der Waals surface area contributed by atoms with E-state index in [1.807, 2.05) is 0 Å². The highest BCUT2D eigenvalue weighted by Crippen LogP contribution is 2.36. The van der Waals surface area contributed by atoms with E-state index in [-0.39, 0.29) is 12.1 Å². The molecule has 3 atom stereocenters. The molecule has 0 aliphatic rings. The van der Waals surface area contributed by atoms with Gasteiger partial charge >= 0.3 is 0 Å². The van der Waals surface area contributed by atoms with E-state index in [9.17, 15) is 0 Å². The predicted octanol–water partition coefficient (Wildman–Crippen LogP) is 2.91. The molecule has 6 nitrogen and oxygen atoms in total. The van der Waals surface area contributed by atoms with Gasteiger partial charge in [0.1, 0.15) is 0 Å². The lowest BCUT2D eigenvalue weighted by atomic mass is 9.91. The van der Waals surface area contributed by atoms with Crippen LogP contribution in [0.3, 0.4) is 0 Å². The molecule has 24 heavy (non-hydrogen) atoms. The number of aromatic nitrogens is 3. The second-order valence-electron chi connectivity index (χ2n) is 7.14. The lowest BCUT2D eigenvalue weighted by Crippen LogP contribution is -2.31. The maximum absolute atomic E-state index is 4.51. The number of hydrogen-bond acceptors (Lipinski definition) is 6. The fraction of sp³-hybridized carbons (Fsp3) is 0.833. The first-order valence-electron chi connectivity index (χ1n) is 9.02. The Labute approximate surface area is 148 Å². The molecule has 1 aromatic heterocycles. The Bertz CT molecular complexity index is 466. The standard InChI is InChI=1S/C18H36N6/c1-10-13(22(4)5)16-17(14(11-2)23(6)7)19-21-20-18(16)15(12-3)24(8)9/h13-15H,10-12H2,1-9H3. The molecule has 0 bridgehead atoms. The second-order valence-corrected chi connectivity index (χ2v) is 7.14. The average molecular weight is 337 g/mol. The van der Waals surface area contributed by atoms with Crippen LogP contribution in [0.1, 0.15) is 75.1 Å². The Morgan fingerprint density at radius 2 is 0.958 bits per heavy atom. The largest absolute Gasteiger partial charge is 0.302 e. The van der Waals surface area contributed by atoms with Crippen molar-refractivity contribution >= 4 is 0 Å². The summed E-state index contributed by atoms with van der Waals surface area (Å²) in [5.74, 6) is 0. The summed E-state index contributed by atoms with van der Waals surface area (Å²) < 4.78 is 0. The zero-order valence-electron chi connectivity index (χ0n) is 17.0. The van der Waals surface area contributed by atoms with Crippen molar-refractivity contribution in [1.82, 2.24) is 30.1 Å². The van der Waals surface area contributed by atoms with Gasteiger partial charge in [0.2, 0.25) is 0 Å². The zero-order chi connectivity index (χ0) is 18.4. The maximum atomic E-state index is 4.51. The fourth-order valence-electron chi connectivity index (χ4n) is 3.62. The zero-order valence-corrected chi connectivity index (χ0v) is 17.0. The monoisotopic (exact) mass is 336 g/mol. The molecule has 3 unspecified atom stereocenters. The quantitative estimate of drug-likeness (QED) is 0.691. The molecule has 1 aromatic rings. The Morgan fingerprint density at radius 3 is 1.21 bits per heavy atom. The highest BCUT2D eigenvalue weighted by molar-refractivity contribution is 5.32. The molecule has 0 aliphatic carbocycles. The Kier molecular flexibility index (Phi) is 8.19. The topological polar surface area (TPSA) is 48.4 Å². The third kappa shape index (κ3) is 4.49. The first-order valence-corrected chi connectivity index (χ1v) is 9.02. The molecule has 0 aliphatic heterocycles. The van der Waals surface area contributed by atoms with Crippen LogP contribution in [0.4, 0.5) is 0 Å². The Hall–Kier alpha value is -1.11. The molecule has 0 spiro atoms. The summed E-state index contributed by atoms with van der Waals surface area (Å²) in [7, 11) is 12.7. The van der Waals surface area contributed by atoms with Gasteiger partial charge in [-0.05, 0) is 66.8 Å². The van der Waals surface area contributed by atoms with Crippen molar-refractivity contribution in [2.45, 2.75) is 58.2 Å². The van der Waals surface area contributed by atoms with Gasteiger partial charge in [-0.1, -0.05) is 20.8 Å². The van der Waals surface area contributed by atoms with Gasteiger partial charge in [-0.2, -0.15) is 0 Å². The molecule has 1 heterocycles. The van der Waals surface area contributed by atoms with Crippen molar-refractivity contribution in [1.29, 1.82) is 0 Å². The fourth-order valence-corrected chi connectivity index (χ4v) is 3.62. The van der Waals surface area contributed by atoms with Crippen molar-refractivity contribution in [3.8, 4) is 0 Å². The minimum atomic E-state index is 0.253. The Balaban J connectivity index is 3.65. The third-order valence-electron chi connectivity index (χ3n) is 4.85. The van der Waals surface area contributed by atoms with E-state index in [4.69, 9.17) is 0 Å². The second kappa shape index (κ2) is 9.39. The first kappa shape index (κ1) is 20.9. The van der Waals surface area contributed by atoms with Crippen LogP contribution in [0, 0.1) is 0 Å². The van der Waals surface area contributed by atoms with Gasteiger partial charge in [-0.25, -0.2) is 0 Å². The van der Waals surface area contributed by atoms with E-state index < -0.39 is 0 Å². The summed E-state index contributed by atoms with van der Waals surface area (Å²) >= 11 is 0. The van der Waals surface area contributed by atoms with Gasteiger partial charge in [-0.15, -0.1) is 10.2 Å². The van der Waals surface area contributed by atoms with E-state index in [1.165, 1.54) is 5.56 Å². The highest BCUT2D eigenvalue weighted by atomic mass is 15.3. The van der Waals surface area contributed by atoms with Crippen LogP contribution >= 0.6 is 0 Å². The lowest BCUT2D eigenvalue weighted by Gasteiger charge is -2.33. The molecule has 1 rings (SSSR count). The van der Waals surface area contributed by atoms with E-state index in [0.29, 0.717) is 6.04 Å². The van der Waals surface area contributed by atoms with E-state index >= 15 is 0 Å². The minimum absolute atomic E-state index is 0.253. The smallest absolute Gasteiger partial charge is 0.0887 e. The van der Waals surface area contributed by atoms with Gasteiger partial charge in [0.05, 0.1) is 23.5 Å². The van der Waals surface area contributed by atoms with Gasteiger partial charge < -0.3 is 14.7 Å². The summed E-state index contributed by atoms with van der Waals surface area (Å²) in [6.45, 7) is 6.64. The summed E-state index contributed by atoms with van der Waals surface area (Å²) in [5, 5.41) is 13.2. The van der Waals surface area contributed by atoms with Crippen LogP contribution in [-0.2, 0) is 0 Å². The van der Waals surface area contributed by atoms with E-state index in [0.717, 1.165) is 30.7 Å². The number of rotatable bonds is 9. The molecule has 0 N–H and O–H groups in total. The van der Waals surface area contributed by atoms with Crippen LogP contribution in [-0.4, -0.2) is 72.4 Å². The molecule has 0 saturated heterocycles. The van der Waals surface area contributed by atoms with Crippen molar-refractivity contribution in [2.75, 3.05) is 42.3 Å². The molecular formula is C18H36N6. The van der Waals surface area contributed by atoms with Crippen molar-refractivity contribution in [3.63, 3.8) is 0 Å². The van der Waals surface area contributed by atoms with Crippen LogP contribution in [0.5, 0.6) is 0 Å². The average Bonchev–Trinajstić information content (AvgIpc) is 2.50. The van der Waals surface area contributed by atoms with Crippen LogP contribution in [0.15, 0.2) is 0 Å². The van der Waals surface area contributed by atoms with Gasteiger partial charge in [-0.3, -0.25) is 0 Å². The minimum Gasteiger partial charge on any atom is -0.302 e. The molecule has 0 amide bonds. The lowest BCUT2D eigenvalue weighted by molar-refractivity contribution is 0.241. The Morgan fingerprint density at radius 1 is 0.625 bits per heavy atom. The van der Waals surface area contributed by atoms with E-state index in [2.05, 4.69) is 93.2 Å². The maximum Gasteiger partial charge on any atom is 0.0887 e. The first-order chi connectivity index (χ1) is 11.3. The van der Waals surface area contributed by atoms with Crippen molar-refractivity contribution in [3.05, 3.63) is 17.0 Å². The molecular weight excluding hydrogens is 300 g/mol. The van der Waals surface area contributed by atoms with E-state index in [1.54, 1.807) is 0 Å².